The standard InChI is InChI=1S/C16H26N2OS/c1-12-9-18-14(13(2)15(12)19-3)10-17-11-16(20-4)7-5-6-8-16/h9,17H,5-8,10-11H2,1-4H3. The molecule has 0 bridgehead atoms. The zero-order chi connectivity index (χ0) is 14.6. The normalized spacial score (nSPS) is 17.4. The monoisotopic (exact) mass is 294 g/mol. The number of methoxy groups -OCH3 is 1. The number of rotatable bonds is 6. The number of aryl methyl sites for hydroxylation is 1. The van der Waals surface area contributed by atoms with E-state index in [1.807, 2.05) is 24.9 Å². The van der Waals surface area contributed by atoms with Gasteiger partial charge in [0.25, 0.3) is 0 Å². The average molecular weight is 294 g/mol. The van der Waals surface area contributed by atoms with Gasteiger partial charge in [-0.15, -0.1) is 0 Å². The van der Waals surface area contributed by atoms with E-state index in [-0.39, 0.29) is 0 Å². The van der Waals surface area contributed by atoms with Gasteiger partial charge in [-0.25, -0.2) is 0 Å². The van der Waals surface area contributed by atoms with Crippen LogP contribution < -0.4 is 10.1 Å². The van der Waals surface area contributed by atoms with Crippen LogP contribution in [0, 0.1) is 13.8 Å². The summed E-state index contributed by atoms with van der Waals surface area (Å²) in [6, 6.07) is 0. The first-order chi connectivity index (χ1) is 9.62. The highest BCUT2D eigenvalue weighted by Gasteiger charge is 2.32. The predicted molar refractivity (Wildman–Crippen MR) is 86.7 cm³/mol. The van der Waals surface area contributed by atoms with E-state index >= 15 is 0 Å². The van der Waals surface area contributed by atoms with Crippen LogP contribution in [0.25, 0.3) is 0 Å². The first-order valence-electron chi connectivity index (χ1n) is 7.37. The molecule has 0 unspecified atom stereocenters. The molecule has 0 radical (unpaired) electrons. The van der Waals surface area contributed by atoms with Crippen LogP contribution in [0.2, 0.25) is 0 Å². The lowest BCUT2D eigenvalue weighted by Crippen LogP contribution is -2.35. The molecule has 112 valence electrons. The van der Waals surface area contributed by atoms with E-state index in [4.69, 9.17) is 4.74 Å². The summed E-state index contributed by atoms with van der Waals surface area (Å²) in [4.78, 5) is 4.55. The Kier molecular flexibility index (Phi) is 5.33. The molecular formula is C16H26N2OS. The van der Waals surface area contributed by atoms with Crippen molar-refractivity contribution in [1.82, 2.24) is 10.3 Å². The molecule has 1 N–H and O–H groups in total. The Morgan fingerprint density at radius 2 is 2.05 bits per heavy atom. The van der Waals surface area contributed by atoms with E-state index < -0.39 is 0 Å². The number of hydrogen-bond acceptors (Lipinski definition) is 4. The zero-order valence-corrected chi connectivity index (χ0v) is 13.9. The second kappa shape index (κ2) is 6.81. The second-order valence-corrected chi connectivity index (χ2v) is 7.02. The van der Waals surface area contributed by atoms with Crippen molar-refractivity contribution in [3.05, 3.63) is 23.0 Å². The smallest absolute Gasteiger partial charge is 0.128 e. The van der Waals surface area contributed by atoms with Crippen LogP contribution in [0.15, 0.2) is 6.20 Å². The molecule has 3 nitrogen and oxygen atoms in total. The maximum absolute atomic E-state index is 5.47. The maximum Gasteiger partial charge on any atom is 0.128 e. The van der Waals surface area contributed by atoms with Gasteiger partial charge in [0.15, 0.2) is 0 Å². The van der Waals surface area contributed by atoms with E-state index in [0.29, 0.717) is 4.75 Å². The average Bonchev–Trinajstić information content (AvgIpc) is 2.91. The largest absolute Gasteiger partial charge is 0.496 e. The molecule has 0 saturated heterocycles. The highest BCUT2D eigenvalue weighted by Crippen LogP contribution is 2.39. The van der Waals surface area contributed by atoms with E-state index in [1.54, 1.807) is 7.11 Å². The topological polar surface area (TPSA) is 34.1 Å². The zero-order valence-electron chi connectivity index (χ0n) is 13.1. The van der Waals surface area contributed by atoms with Gasteiger partial charge in [-0.3, -0.25) is 4.98 Å². The summed E-state index contributed by atoms with van der Waals surface area (Å²) in [7, 11) is 1.73. The van der Waals surface area contributed by atoms with Gasteiger partial charge in [0.2, 0.25) is 0 Å². The highest BCUT2D eigenvalue weighted by atomic mass is 32.2. The third-order valence-electron chi connectivity index (χ3n) is 4.44. The summed E-state index contributed by atoms with van der Waals surface area (Å²) >= 11 is 2.02. The van der Waals surface area contributed by atoms with Gasteiger partial charge in [0.05, 0.1) is 12.8 Å². The third-order valence-corrected chi connectivity index (χ3v) is 5.86. The van der Waals surface area contributed by atoms with Crippen LogP contribution in [0.3, 0.4) is 0 Å². The van der Waals surface area contributed by atoms with E-state index in [1.165, 1.54) is 25.7 Å². The fraction of sp³-hybridized carbons (Fsp3) is 0.688. The van der Waals surface area contributed by atoms with Crippen molar-refractivity contribution in [2.24, 2.45) is 0 Å². The molecule has 0 spiro atoms. The predicted octanol–water partition coefficient (Wildman–Crippen LogP) is 3.47. The van der Waals surface area contributed by atoms with Crippen molar-refractivity contribution in [2.45, 2.75) is 50.8 Å². The minimum Gasteiger partial charge on any atom is -0.496 e. The fourth-order valence-electron chi connectivity index (χ4n) is 3.13. The van der Waals surface area contributed by atoms with Crippen molar-refractivity contribution in [1.29, 1.82) is 0 Å². The molecule has 20 heavy (non-hydrogen) atoms. The van der Waals surface area contributed by atoms with Crippen LogP contribution in [0.1, 0.15) is 42.5 Å². The Morgan fingerprint density at radius 1 is 1.35 bits per heavy atom. The molecule has 1 aromatic heterocycles. The van der Waals surface area contributed by atoms with Crippen LogP contribution in [0.5, 0.6) is 5.75 Å². The Balaban J connectivity index is 1.97. The summed E-state index contributed by atoms with van der Waals surface area (Å²) < 4.78 is 5.91. The molecule has 1 fully saturated rings. The first-order valence-corrected chi connectivity index (χ1v) is 8.59. The Bertz CT molecular complexity index is 456. The van der Waals surface area contributed by atoms with Gasteiger partial charge in [-0.2, -0.15) is 11.8 Å². The first kappa shape index (κ1) is 15.6. The van der Waals surface area contributed by atoms with Crippen LogP contribution in [0.4, 0.5) is 0 Å². The lowest BCUT2D eigenvalue weighted by Gasteiger charge is -2.27. The molecule has 0 atom stereocenters. The number of pyridine rings is 1. The molecule has 1 heterocycles. The highest BCUT2D eigenvalue weighted by molar-refractivity contribution is 8.00. The molecular weight excluding hydrogens is 268 g/mol. The molecule has 1 aliphatic carbocycles. The van der Waals surface area contributed by atoms with Crippen LogP contribution in [-0.4, -0.2) is 29.6 Å². The third kappa shape index (κ3) is 3.29. The molecule has 0 aromatic carbocycles. The molecule has 1 aliphatic rings. The summed E-state index contributed by atoms with van der Waals surface area (Å²) in [6.07, 6.45) is 9.57. The van der Waals surface area contributed by atoms with E-state index in [9.17, 15) is 0 Å². The van der Waals surface area contributed by atoms with E-state index in [2.05, 4.69) is 23.5 Å². The number of hydrogen-bond donors (Lipinski definition) is 1. The Morgan fingerprint density at radius 3 is 2.65 bits per heavy atom. The minimum absolute atomic E-state index is 0.447. The van der Waals surface area contributed by atoms with Gasteiger partial charge in [0, 0.05) is 35.2 Å². The number of thioether (sulfide) groups is 1. The lowest BCUT2D eigenvalue weighted by molar-refractivity contribution is 0.406. The van der Waals surface area contributed by atoms with Gasteiger partial charge < -0.3 is 10.1 Å². The molecule has 0 amide bonds. The molecule has 4 heteroatoms. The quantitative estimate of drug-likeness (QED) is 0.871. The van der Waals surface area contributed by atoms with Crippen molar-refractivity contribution in [3.8, 4) is 5.75 Å². The molecule has 0 aliphatic heterocycles. The van der Waals surface area contributed by atoms with Crippen molar-refractivity contribution < 1.29 is 4.74 Å². The molecule has 1 aromatic rings. The SMILES string of the molecule is COc1c(C)cnc(CNCC2(SC)CCCC2)c1C. The summed E-state index contributed by atoms with van der Waals surface area (Å²) in [5, 5.41) is 3.61. The van der Waals surface area contributed by atoms with Gasteiger partial charge in [-0.05, 0) is 32.9 Å². The minimum atomic E-state index is 0.447. The summed E-state index contributed by atoms with van der Waals surface area (Å²) in [5.74, 6) is 0.970. The number of nitrogens with zero attached hydrogens (tertiary/aromatic N) is 1. The van der Waals surface area contributed by atoms with Gasteiger partial charge in [0.1, 0.15) is 5.75 Å². The van der Waals surface area contributed by atoms with Crippen molar-refractivity contribution >= 4 is 11.8 Å². The van der Waals surface area contributed by atoms with Crippen LogP contribution in [-0.2, 0) is 6.54 Å². The van der Waals surface area contributed by atoms with Crippen LogP contribution >= 0.6 is 11.8 Å². The summed E-state index contributed by atoms with van der Waals surface area (Å²) in [5.41, 5.74) is 3.36. The van der Waals surface area contributed by atoms with E-state index in [0.717, 1.165) is 35.7 Å². The lowest BCUT2D eigenvalue weighted by atomic mass is 10.1. The number of aromatic nitrogens is 1. The number of nitrogens with one attached hydrogen (secondary N) is 1. The number of ether oxygens (including phenoxy) is 1. The van der Waals surface area contributed by atoms with Crippen molar-refractivity contribution in [3.63, 3.8) is 0 Å². The maximum atomic E-state index is 5.47. The van der Waals surface area contributed by atoms with Gasteiger partial charge in [-0.1, -0.05) is 12.8 Å². The Labute approximate surface area is 126 Å². The molecule has 1 saturated carbocycles. The van der Waals surface area contributed by atoms with Crippen molar-refractivity contribution in [2.75, 3.05) is 19.9 Å². The molecule has 2 rings (SSSR count). The summed E-state index contributed by atoms with van der Waals surface area (Å²) in [6.45, 7) is 6.03. The van der Waals surface area contributed by atoms with Gasteiger partial charge >= 0.3 is 0 Å². The Hall–Kier alpha value is -0.740. The second-order valence-electron chi connectivity index (χ2n) is 5.74. The fourth-order valence-corrected chi connectivity index (χ4v) is 4.07.